The summed E-state index contributed by atoms with van der Waals surface area (Å²) in [7, 11) is -4.67. The smallest absolute Gasteiger partial charge is 0.469 e. The van der Waals surface area contributed by atoms with Gasteiger partial charge in [-0.1, -0.05) is 19.1 Å². The number of carbonyl (C=O) groups excluding carboxylic acids is 1. The van der Waals surface area contributed by atoms with E-state index in [9.17, 15) is 14.5 Å². The van der Waals surface area contributed by atoms with Gasteiger partial charge in [0.2, 0.25) is 0 Å². The SMILES string of the molecule is C=C(C)C(CC)Cc1ncc(COP(=O)(O)O)c(C=O)c1O. The highest BCUT2D eigenvalue weighted by molar-refractivity contribution is 7.46. The molecule has 122 valence electrons. The Morgan fingerprint density at radius 2 is 2.18 bits per heavy atom. The standard InChI is InChI=1S/C14H20NO6P/c1-4-10(9(2)3)5-13-14(17)12(7-16)11(6-15-13)8-21-22(18,19)20/h6-7,10,17H,2,4-5,8H2,1,3H3,(H2,18,19,20). The van der Waals surface area contributed by atoms with Crippen LogP contribution in [0.4, 0.5) is 0 Å². The van der Waals surface area contributed by atoms with Crippen molar-refractivity contribution in [2.75, 3.05) is 0 Å². The molecule has 0 aliphatic carbocycles. The van der Waals surface area contributed by atoms with E-state index in [0.717, 1.165) is 12.0 Å². The number of pyridine rings is 1. The molecule has 0 aliphatic heterocycles. The number of aromatic nitrogens is 1. The van der Waals surface area contributed by atoms with E-state index in [4.69, 9.17) is 9.79 Å². The zero-order chi connectivity index (χ0) is 16.9. The summed E-state index contributed by atoms with van der Waals surface area (Å²) in [5.74, 6) is -0.170. The first kappa shape index (κ1) is 18.5. The summed E-state index contributed by atoms with van der Waals surface area (Å²) < 4.78 is 15.0. The van der Waals surface area contributed by atoms with Gasteiger partial charge in [0.05, 0.1) is 17.9 Å². The molecule has 1 atom stereocenters. The number of allylic oxidation sites excluding steroid dienone is 1. The number of aromatic hydroxyl groups is 1. The Morgan fingerprint density at radius 1 is 1.55 bits per heavy atom. The van der Waals surface area contributed by atoms with Crippen LogP contribution in [0.3, 0.4) is 0 Å². The first-order valence-electron chi connectivity index (χ1n) is 6.70. The molecule has 1 rings (SSSR count). The molecule has 0 aromatic carbocycles. The summed E-state index contributed by atoms with van der Waals surface area (Å²) >= 11 is 0. The van der Waals surface area contributed by atoms with Crippen molar-refractivity contribution in [3.05, 3.63) is 35.2 Å². The number of rotatable bonds is 8. The molecule has 0 amide bonds. The first-order valence-corrected chi connectivity index (χ1v) is 8.23. The Kier molecular flexibility index (Phi) is 6.44. The lowest BCUT2D eigenvalue weighted by Gasteiger charge is -2.16. The number of aldehydes is 1. The van der Waals surface area contributed by atoms with Gasteiger partial charge in [-0.2, -0.15) is 0 Å². The maximum absolute atomic E-state index is 11.2. The van der Waals surface area contributed by atoms with Crippen LogP contribution in [0.15, 0.2) is 18.3 Å². The number of hydrogen-bond acceptors (Lipinski definition) is 5. The van der Waals surface area contributed by atoms with Crippen molar-refractivity contribution >= 4 is 14.1 Å². The van der Waals surface area contributed by atoms with E-state index < -0.39 is 14.4 Å². The molecule has 0 aliphatic rings. The van der Waals surface area contributed by atoms with Gasteiger partial charge < -0.3 is 14.9 Å². The Morgan fingerprint density at radius 3 is 2.64 bits per heavy atom. The summed E-state index contributed by atoms with van der Waals surface area (Å²) in [5.41, 5.74) is 1.33. The highest BCUT2D eigenvalue weighted by Crippen LogP contribution is 2.38. The molecule has 0 bridgehead atoms. The molecule has 0 radical (unpaired) electrons. The molecule has 0 saturated carbocycles. The molecule has 0 saturated heterocycles. The zero-order valence-corrected chi connectivity index (χ0v) is 13.4. The van der Waals surface area contributed by atoms with Crippen LogP contribution in [0.5, 0.6) is 5.75 Å². The van der Waals surface area contributed by atoms with Gasteiger partial charge in [0.1, 0.15) is 5.75 Å². The van der Waals surface area contributed by atoms with E-state index in [1.165, 1.54) is 6.20 Å². The number of carbonyl (C=O) groups is 1. The van der Waals surface area contributed by atoms with E-state index in [1.54, 1.807) is 0 Å². The third-order valence-corrected chi connectivity index (χ3v) is 3.85. The van der Waals surface area contributed by atoms with Crippen molar-refractivity contribution in [2.45, 2.75) is 33.3 Å². The van der Waals surface area contributed by atoms with Gasteiger partial charge in [-0.15, -0.1) is 0 Å². The lowest BCUT2D eigenvalue weighted by Crippen LogP contribution is -2.08. The fraction of sp³-hybridized carbons (Fsp3) is 0.429. The largest absolute Gasteiger partial charge is 0.505 e. The molecule has 0 spiro atoms. The second-order valence-corrected chi connectivity index (χ2v) is 6.27. The first-order chi connectivity index (χ1) is 10.2. The quantitative estimate of drug-likeness (QED) is 0.381. The number of nitrogens with zero attached hydrogens (tertiary/aromatic N) is 1. The van der Waals surface area contributed by atoms with Gasteiger partial charge >= 0.3 is 7.82 Å². The minimum atomic E-state index is -4.67. The van der Waals surface area contributed by atoms with Gasteiger partial charge in [-0.05, 0) is 25.7 Å². The van der Waals surface area contributed by atoms with Crippen molar-refractivity contribution in [1.82, 2.24) is 4.98 Å². The highest BCUT2D eigenvalue weighted by atomic mass is 31.2. The van der Waals surface area contributed by atoms with Gasteiger partial charge in [0, 0.05) is 11.8 Å². The van der Waals surface area contributed by atoms with Gasteiger partial charge in [-0.25, -0.2) is 4.57 Å². The molecule has 0 fully saturated rings. The van der Waals surface area contributed by atoms with Crippen LogP contribution in [0.2, 0.25) is 0 Å². The summed E-state index contributed by atoms with van der Waals surface area (Å²) in [4.78, 5) is 32.6. The molecule has 8 heteroatoms. The van der Waals surface area contributed by atoms with Crippen molar-refractivity contribution < 1.29 is 28.8 Å². The van der Waals surface area contributed by atoms with Crippen molar-refractivity contribution in [3.8, 4) is 5.75 Å². The summed E-state index contributed by atoms with van der Waals surface area (Å²) in [6.45, 7) is 7.23. The van der Waals surface area contributed by atoms with Crippen molar-refractivity contribution in [3.63, 3.8) is 0 Å². The summed E-state index contributed by atoms with van der Waals surface area (Å²) in [5, 5.41) is 10.2. The van der Waals surface area contributed by atoms with Crippen LogP contribution < -0.4 is 0 Å². The van der Waals surface area contributed by atoms with E-state index in [-0.39, 0.29) is 22.8 Å². The summed E-state index contributed by atoms with van der Waals surface area (Å²) in [6, 6.07) is 0. The minimum absolute atomic E-state index is 0.0741. The van der Waals surface area contributed by atoms with Crippen LogP contribution in [0.1, 0.15) is 41.9 Å². The van der Waals surface area contributed by atoms with Gasteiger partial charge in [0.15, 0.2) is 6.29 Å². The average Bonchev–Trinajstić information content (AvgIpc) is 2.42. The van der Waals surface area contributed by atoms with E-state index >= 15 is 0 Å². The van der Waals surface area contributed by atoms with Crippen LogP contribution in [-0.2, 0) is 22.1 Å². The van der Waals surface area contributed by atoms with E-state index in [2.05, 4.69) is 16.1 Å². The van der Waals surface area contributed by atoms with Gasteiger partial charge in [0.25, 0.3) is 0 Å². The van der Waals surface area contributed by atoms with Crippen LogP contribution >= 0.6 is 7.82 Å². The van der Waals surface area contributed by atoms with E-state index in [0.29, 0.717) is 18.4 Å². The van der Waals surface area contributed by atoms with Crippen LogP contribution in [-0.4, -0.2) is 26.2 Å². The molecule has 1 aromatic rings. The normalized spacial score (nSPS) is 12.9. The molecule has 1 heterocycles. The zero-order valence-electron chi connectivity index (χ0n) is 12.5. The molecular weight excluding hydrogens is 309 g/mol. The van der Waals surface area contributed by atoms with Crippen molar-refractivity contribution in [2.24, 2.45) is 5.92 Å². The fourth-order valence-electron chi connectivity index (χ4n) is 2.04. The fourth-order valence-corrected chi connectivity index (χ4v) is 2.35. The van der Waals surface area contributed by atoms with Gasteiger partial charge in [-0.3, -0.25) is 14.3 Å². The maximum Gasteiger partial charge on any atom is 0.469 e. The molecular formula is C14H20NO6P. The Bertz CT molecular complexity index is 610. The average molecular weight is 329 g/mol. The Hall–Kier alpha value is -1.53. The molecule has 1 aromatic heterocycles. The Balaban J connectivity index is 3.07. The maximum atomic E-state index is 11.2. The third-order valence-electron chi connectivity index (χ3n) is 3.39. The van der Waals surface area contributed by atoms with E-state index in [1.807, 2.05) is 13.8 Å². The molecule has 1 unspecified atom stereocenters. The molecule has 3 N–H and O–H groups in total. The lowest BCUT2D eigenvalue weighted by molar-refractivity contribution is 0.111. The second kappa shape index (κ2) is 7.65. The number of phosphoric acid groups is 1. The number of phosphoric ester groups is 1. The second-order valence-electron chi connectivity index (χ2n) is 5.03. The monoisotopic (exact) mass is 329 g/mol. The topological polar surface area (TPSA) is 117 Å². The highest BCUT2D eigenvalue weighted by Gasteiger charge is 2.20. The third kappa shape index (κ3) is 5.03. The lowest BCUT2D eigenvalue weighted by atomic mass is 9.92. The minimum Gasteiger partial charge on any atom is -0.505 e. The summed E-state index contributed by atoms with van der Waals surface area (Å²) in [6.07, 6.45) is 2.94. The van der Waals surface area contributed by atoms with Crippen molar-refractivity contribution in [1.29, 1.82) is 0 Å². The number of hydrogen-bond donors (Lipinski definition) is 3. The van der Waals surface area contributed by atoms with Crippen LogP contribution in [0.25, 0.3) is 0 Å². The van der Waals surface area contributed by atoms with Crippen LogP contribution in [0, 0.1) is 5.92 Å². The Labute approximate surface area is 128 Å². The predicted molar refractivity (Wildman–Crippen MR) is 80.4 cm³/mol. The predicted octanol–water partition coefficient (Wildman–Crippen LogP) is 2.35. The molecule has 22 heavy (non-hydrogen) atoms. The molecule has 7 nitrogen and oxygen atoms in total.